The summed E-state index contributed by atoms with van der Waals surface area (Å²) < 4.78 is 2.04. The smallest absolute Gasteiger partial charge is 0.139 e. The number of nitriles is 1. The van der Waals surface area contributed by atoms with E-state index in [0.29, 0.717) is 6.54 Å². The molecule has 0 aliphatic heterocycles. The number of hydrogen-bond acceptors (Lipinski definition) is 2. The van der Waals surface area contributed by atoms with Crippen LogP contribution in [-0.4, -0.2) is 9.55 Å². The normalized spacial score (nSPS) is 11.8. The lowest BCUT2D eigenvalue weighted by molar-refractivity contribution is 0.651. The second-order valence-corrected chi connectivity index (χ2v) is 4.86. The van der Waals surface area contributed by atoms with E-state index >= 15 is 0 Å². The van der Waals surface area contributed by atoms with Crippen LogP contribution in [0.5, 0.6) is 0 Å². The average molecular weight is 273 g/mol. The van der Waals surface area contributed by atoms with Crippen molar-refractivity contribution in [1.29, 1.82) is 5.26 Å². The van der Waals surface area contributed by atoms with Crippen molar-refractivity contribution in [2.24, 2.45) is 0 Å². The van der Waals surface area contributed by atoms with Crippen LogP contribution in [0.2, 0.25) is 0 Å². The average Bonchev–Trinajstić information content (AvgIpc) is 3.02. The summed E-state index contributed by atoms with van der Waals surface area (Å²) in [5.74, 6) is 0.717. The van der Waals surface area contributed by atoms with Crippen LogP contribution in [0.25, 0.3) is 11.4 Å². The van der Waals surface area contributed by atoms with E-state index in [-0.39, 0.29) is 5.92 Å². The largest absolute Gasteiger partial charge is 0.329 e. The highest BCUT2D eigenvalue weighted by atomic mass is 15.1. The first-order valence-corrected chi connectivity index (χ1v) is 6.89. The number of imidazole rings is 1. The van der Waals surface area contributed by atoms with E-state index in [1.807, 2.05) is 71.4 Å². The van der Waals surface area contributed by atoms with Crippen LogP contribution in [0.1, 0.15) is 11.5 Å². The Hall–Kier alpha value is -2.86. The Morgan fingerprint density at radius 1 is 1.00 bits per heavy atom. The highest BCUT2D eigenvalue weighted by Crippen LogP contribution is 2.22. The molecule has 102 valence electrons. The maximum atomic E-state index is 9.46. The molecule has 0 bridgehead atoms. The minimum atomic E-state index is -0.178. The van der Waals surface area contributed by atoms with Gasteiger partial charge in [-0.15, -0.1) is 0 Å². The molecule has 1 atom stereocenters. The fourth-order valence-corrected chi connectivity index (χ4v) is 2.41. The van der Waals surface area contributed by atoms with Gasteiger partial charge in [0.25, 0.3) is 0 Å². The van der Waals surface area contributed by atoms with Crippen molar-refractivity contribution in [2.75, 3.05) is 0 Å². The number of benzene rings is 2. The summed E-state index contributed by atoms with van der Waals surface area (Å²) in [7, 11) is 0. The Bertz CT molecular complexity index is 739. The Kier molecular flexibility index (Phi) is 3.79. The molecule has 1 heterocycles. The fourth-order valence-electron chi connectivity index (χ4n) is 2.41. The van der Waals surface area contributed by atoms with Gasteiger partial charge in [0, 0.05) is 24.5 Å². The van der Waals surface area contributed by atoms with E-state index in [0.717, 1.165) is 17.0 Å². The molecule has 1 aromatic heterocycles. The molecular weight excluding hydrogens is 258 g/mol. The maximum Gasteiger partial charge on any atom is 0.139 e. The molecule has 3 heteroatoms. The van der Waals surface area contributed by atoms with Gasteiger partial charge in [-0.2, -0.15) is 5.26 Å². The van der Waals surface area contributed by atoms with Crippen LogP contribution < -0.4 is 0 Å². The molecule has 0 amide bonds. The summed E-state index contributed by atoms with van der Waals surface area (Å²) in [6.07, 6.45) is 3.71. The Balaban J connectivity index is 1.89. The van der Waals surface area contributed by atoms with E-state index in [9.17, 15) is 5.26 Å². The molecule has 1 unspecified atom stereocenters. The number of aromatic nitrogens is 2. The van der Waals surface area contributed by atoms with Crippen molar-refractivity contribution < 1.29 is 0 Å². The van der Waals surface area contributed by atoms with Crippen molar-refractivity contribution in [3.8, 4) is 17.5 Å². The Morgan fingerprint density at radius 3 is 2.33 bits per heavy atom. The van der Waals surface area contributed by atoms with Gasteiger partial charge in [0.1, 0.15) is 5.82 Å². The Labute approximate surface area is 124 Å². The molecule has 3 rings (SSSR count). The molecule has 2 aromatic carbocycles. The molecule has 0 saturated heterocycles. The molecule has 0 aliphatic rings. The summed E-state index contributed by atoms with van der Waals surface area (Å²) in [5, 5.41) is 9.46. The standard InChI is InChI=1S/C18H15N3/c19-13-17(15-7-3-1-4-8-15)14-21-12-11-20-18(21)16-9-5-2-6-10-16/h1-12,17H,14H2. The highest BCUT2D eigenvalue weighted by Gasteiger charge is 2.14. The summed E-state index contributed by atoms with van der Waals surface area (Å²) in [4.78, 5) is 4.42. The van der Waals surface area contributed by atoms with Crippen LogP contribution in [0, 0.1) is 11.3 Å². The highest BCUT2D eigenvalue weighted by molar-refractivity contribution is 5.55. The van der Waals surface area contributed by atoms with Crippen molar-refractivity contribution >= 4 is 0 Å². The first kappa shape index (κ1) is 13.1. The quantitative estimate of drug-likeness (QED) is 0.724. The van der Waals surface area contributed by atoms with Gasteiger partial charge in [0.15, 0.2) is 0 Å². The van der Waals surface area contributed by atoms with Crippen molar-refractivity contribution in [2.45, 2.75) is 12.5 Å². The molecule has 0 N–H and O–H groups in total. The van der Waals surface area contributed by atoms with Gasteiger partial charge in [0.2, 0.25) is 0 Å². The van der Waals surface area contributed by atoms with Crippen molar-refractivity contribution in [3.63, 3.8) is 0 Å². The lowest BCUT2D eigenvalue weighted by atomic mass is 10.0. The van der Waals surface area contributed by atoms with Gasteiger partial charge in [0.05, 0.1) is 12.0 Å². The molecule has 21 heavy (non-hydrogen) atoms. The Morgan fingerprint density at radius 2 is 1.67 bits per heavy atom. The summed E-state index contributed by atoms with van der Waals surface area (Å²) in [6, 6.07) is 22.3. The first-order valence-electron chi connectivity index (χ1n) is 6.89. The first-order chi connectivity index (χ1) is 10.4. The fraction of sp³-hybridized carbons (Fsp3) is 0.111. The second kappa shape index (κ2) is 6.06. The predicted molar refractivity (Wildman–Crippen MR) is 82.5 cm³/mol. The van der Waals surface area contributed by atoms with Gasteiger partial charge < -0.3 is 4.57 Å². The van der Waals surface area contributed by atoms with Crippen LogP contribution >= 0.6 is 0 Å². The van der Waals surface area contributed by atoms with Crippen molar-refractivity contribution in [1.82, 2.24) is 9.55 Å². The van der Waals surface area contributed by atoms with Crippen molar-refractivity contribution in [3.05, 3.63) is 78.6 Å². The number of rotatable bonds is 4. The molecular formula is C18H15N3. The SMILES string of the molecule is N#CC(Cn1ccnc1-c1ccccc1)c1ccccc1. The monoisotopic (exact) mass is 273 g/mol. The topological polar surface area (TPSA) is 41.6 Å². The minimum absolute atomic E-state index is 0.178. The van der Waals surface area contributed by atoms with Gasteiger partial charge in [-0.3, -0.25) is 0 Å². The maximum absolute atomic E-state index is 9.46. The zero-order valence-corrected chi connectivity index (χ0v) is 11.6. The van der Waals surface area contributed by atoms with E-state index < -0.39 is 0 Å². The third-order valence-corrected chi connectivity index (χ3v) is 3.48. The summed E-state index contributed by atoms with van der Waals surface area (Å²) >= 11 is 0. The number of hydrogen-bond donors (Lipinski definition) is 0. The molecule has 0 spiro atoms. The predicted octanol–water partition coefficient (Wildman–Crippen LogP) is 3.86. The molecule has 0 fully saturated rings. The third kappa shape index (κ3) is 2.85. The van der Waals surface area contributed by atoms with Crippen LogP contribution in [-0.2, 0) is 6.54 Å². The number of nitrogens with zero attached hydrogens (tertiary/aromatic N) is 3. The molecule has 0 aliphatic carbocycles. The van der Waals surface area contributed by atoms with Gasteiger partial charge in [-0.1, -0.05) is 60.7 Å². The lowest BCUT2D eigenvalue weighted by Crippen LogP contribution is -2.08. The third-order valence-electron chi connectivity index (χ3n) is 3.48. The van der Waals surface area contributed by atoms with Crippen LogP contribution in [0.3, 0.4) is 0 Å². The zero-order valence-electron chi connectivity index (χ0n) is 11.6. The minimum Gasteiger partial charge on any atom is -0.329 e. The van der Waals surface area contributed by atoms with E-state index in [1.54, 1.807) is 6.20 Å². The van der Waals surface area contributed by atoms with Gasteiger partial charge >= 0.3 is 0 Å². The molecule has 3 nitrogen and oxygen atoms in total. The van der Waals surface area contributed by atoms with E-state index in [1.165, 1.54) is 0 Å². The zero-order chi connectivity index (χ0) is 14.5. The van der Waals surface area contributed by atoms with Gasteiger partial charge in [-0.05, 0) is 5.56 Å². The van der Waals surface area contributed by atoms with Crippen LogP contribution in [0.4, 0.5) is 0 Å². The van der Waals surface area contributed by atoms with E-state index in [2.05, 4.69) is 11.1 Å². The summed E-state index contributed by atoms with van der Waals surface area (Å²) in [5.41, 5.74) is 2.10. The summed E-state index contributed by atoms with van der Waals surface area (Å²) in [6.45, 7) is 0.602. The second-order valence-electron chi connectivity index (χ2n) is 4.86. The van der Waals surface area contributed by atoms with Crippen LogP contribution in [0.15, 0.2) is 73.1 Å². The molecule has 0 radical (unpaired) electrons. The van der Waals surface area contributed by atoms with E-state index in [4.69, 9.17) is 0 Å². The van der Waals surface area contributed by atoms with Gasteiger partial charge in [-0.25, -0.2) is 4.98 Å². The molecule has 3 aromatic rings. The molecule has 0 saturated carbocycles. The lowest BCUT2D eigenvalue weighted by Gasteiger charge is -2.13.